The zero-order chi connectivity index (χ0) is 27.4. The molecule has 0 bridgehead atoms. The molecule has 0 saturated carbocycles. The normalized spacial score (nSPS) is 14.9. The molecule has 38 heavy (non-hydrogen) atoms. The number of ether oxygens (including phenoxy) is 1. The second-order valence-corrected chi connectivity index (χ2v) is 11.0. The Morgan fingerprint density at radius 2 is 1.61 bits per heavy atom. The lowest BCUT2D eigenvalue weighted by atomic mass is 10.1. The summed E-state index contributed by atoms with van der Waals surface area (Å²) in [7, 11) is -3.84. The van der Waals surface area contributed by atoms with Gasteiger partial charge in [-0.25, -0.2) is 18.2 Å². The van der Waals surface area contributed by atoms with Crippen LogP contribution in [0.2, 0.25) is 0 Å². The van der Waals surface area contributed by atoms with E-state index in [1.807, 2.05) is 38.1 Å². The van der Waals surface area contributed by atoms with Gasteiger partial charge in [-0.05, 0) is 57.5 Å². The maximum atomic E-state index is 13.6. The standard InChI is InChI=1S/C29H30N2O6S/c1-5-36-29(33)27-21(4)30-26(28(27)32)16-23-12-13-24(37-23)18-31(17-22-10-6-19(2)7-11-22)38(34,35)25-14-8-20(3)9-15-25/h6-16,32H,5,17-18H2,1-4H3/b26-16+. The fourth-order valence-electron chi connectivity index (χ4n) is 3.99. The van der Waals surface area contributed by atoms with Crippen LogP contribution in [0, 0.1) is 13.8 Å². The molecule has 4 rings (SSSR count). The van der Waals surface area contributed by atoms with Gasteiger partial charge < -0.3 is 14.3 Å². The SMILES string of the molecule is CCOC(=O)C1=C(O)/C(=C\c2ccc(CN(Cc3ccc(C)cc3)S(=O)(=O)c3ccc(C)cc3)o2)N=C1C. The predicted molar refractivity (Wildman–Crippen MR) is 145 cm³/mol. The number of hydrogen-bond donors (Lipinski definition) is 1. The van der Waals surface area contributed by atoms with E-state index in [1.165, 1.54) is 10.4 Å². The number of hydrogen-bond acceptors (Lipinski definition) is 7. The molecule has 198 valence electrons. The van der Waals surface area contributed by atoms with Crippen LogP contribution in [-0.2, 0) is 32.6 Å². The van der Waals surface area contributed by atoms with Gasteiger partial charge >= 0.3 is 5.97 Å². The maximum absolute atomic E-state index is 13.6. The first-order valence-corrected chi connectivity index (χ1v) is 13.6. The summed E-state index contributed by atoms with van der Waals surface area (Å²) in [5.41, 5.74) is 3.41. The van der Waals surface area contributed by atoms with Crippen LogP contribution in [0.3, 0.4) is 0 Å². The number of aryl methyl sites for hydroxylation is 2. The molecule has 0 aliphatic carbocycles. The third-order valence-electron chi connectivity index (χ3n) is 6.04. The lowest BCUT2D eigenvalue weighted by molar-refractivity contribution is -0.138. The molecule has 2 aromatic carbocycles. The number of rotatable bonds is 9. The fraction of sp³-hybridized carbons (Fsp3) is 0.241. The average molecular weight is 535 g/mol. The smallest absolute Gasteiger partial charge is 0.343 e. The van der Waals surface area contributed by atoms with Gasteiger partial charge in [0.15, 0.2) is 5.76 Å². The summed E-state index contributed by atoms with van der Waals surface area (Å²) in [6.07, 6.45) is 1.49. The highest BCUT2D eigenvalue weighted by Gasteiger charge is 2.29. The van der Waals surface area contributed by atoms with E-state index < -0.39 is 16.0 Å². The Morgan fingerprint density at radius 3 is 2.24 bits per heavy atom. The summed E-state index contributed by atoms with van der Waals surface area (Å²) in [6, 6.07) is 17.8. The Labute approximate surface area is 222 Å². The number of aliphatic hydroxyl groups is 1. The second-order valence-electron chi connectivity index (χ2n) is 9.05. The molecule has 3 aromatic rings. The first-order chi connectivity index (χ1) is 18.1. The van der Waals surface area contributed by atoms with Crippen LogP contribution in [0.5, 0.6) is 0 Å². The molecule has 0 unspecified atom stereocenters. The van der Waals surface area contributed by atoms with E-state index in [1.54, 1.807) is 50.2 Å². The second kappa shape index (κ2) is 11.2. The molecule has 0 spiro atoms. The third kappa shape index (κ3) is 5.95. The topological polar surface area (TPSA) is 109 Å². The van der Waals surface area contributed by atoms with E-state index in [0.29, 0.717) is 17.2 Å². The van der Waals surface area contributed by atoms with Gasteiger partial charge in [0.05, 0.1) is 23.8 Å². The number of nitrogens with zero attached hydrogens (tertiary/aromatic N) is 2. The van der Waals surface area contributed by atoms with Gasteiger partial charge in [0.1, 0.15) is 22.8 Å². The number of aliphatic imine (C=N–C) groups is 1. The molecule has 0 atom stereocenters. The molecular formula is C29H30N2O6S. The van der Waals surface area contributed by atoms with Crippen molar-refractivity contribution in [1.29, 1.82) is 0 Å². The zero-order valence-corrected chi connectivity index (χ0v) is 22.6. The van der Waals surface area contributed by atoms with Crippen LogP contribution < -0.4 is 0 Å². The van der Waals surface area contributed by atoms with Gasteiger partial charge in [-0.2, -0.15) is 4.31 Å². The van der Waals surface area contributed by atoms with Gasteiger partial charge in [-0.1, -0.05) is 47.5 Å². The Bertz CT molecular complexity index is 1530. The van der Waals surface area contributed by atoms with E-state index in [9.17, 15) is 18.3 Å². The molecule has 0 fully saturated rings. The average Bonchev–Trinajstić information content (AvgIpc) is 3.43. The van der Waals surface area contributed by atoms with Crippen LogP contribution in [-0.4, -0.2) is 36.1 Å². The summed E-state index contributed by atoms with van der Waals surface area (Å²) in [4.78, 5) is 16.6. The molecule has 0 saturated heterocycles. The van der Waals surface area contributed by atoms with E-state index in [-0.39, 0.29) is 41.6 Å². The van der Waals surface area contributed by atoms with E-state index in [4.69, 9.17) is 9.15 Å². The van der Waals surface area contributed by atoms with Crippen LogP contribution in [0.15, 0.2) is 92.0 Å². The summed E-state index contributed by atoms with van der Waals surface area (Å²) in [6.45, 7) is 7.48. The van der Waals surface area contributed by atoms with Crippen molar-refractivity contribution >= 4 is 27.8 Å². The molecule has 1 N–H and O–H groups in total. The molecule has 1 aliphatic rings. The summed E-state index contributed by atoms with van der Waals surface area (Å²) < 4.78 is 39.5. The van der Waals surface area contributed by atoms with E-state index in [0.717, 1.165) is 16.7 Å². The molecule has 2 heterocycles. The van der Waals surface area contributed by atoms with Crippen molar-refractivity contribution in [2.75, 3.05) is 6.61 Å². The van der Waals surface area contributed by atoms with Crippen molar-refractivity contribution in [3.8, 4) is 0 Å². The van der Waals surface area contributed by atoms with Crippen molar-refractivity contribution in [3.63, 3.8) is 0 Å². The number of aliphatic hydroxyl groups excluding tert-OH is 1. The van der Waals surface area contributed by atoms with E-state index in [2.05, 4.69) is 4.99 Å². The highest BCUT2D eigenvalue weighted by Crippen LogP contribution is 2.28. The minimum absolute atomic E-state index is 0.00848. The number of sulfonamides is 1. The predicted octanol–water partition coefficient (Wildman–Crippen LogP) is 5.48. The lowest BCUT2D eigenvalue weighted by Crippen LogP contribution is -2.30. The van der Waals surface area contributed by atoms with E-state index >= 15 is 0 Å². The van der Waals surface area contributed by atoms with Gasteiger partial charge in [0, 0.05) is 12.6 Å². The van der Waals surface area contributed by atoms with Crippen molar-refractivity contribution in [1.82, 2.24) is 4.31 Å². The lowest BCUT2D eigenvalue weighted by Gasteiger charge is -2.21. The Morgan fingerprint density at radius 1 is 0.974 bits per heavy atom. The Balaban J connectivity index is 1.62. The number of carbonyl (C=O) groups is 1. The van der Waals surface area contributed by atoms with Gasteiger partial charge in [0.2, 0.25) is 10.0 Å². The molecule has 9 heteroatoms. The van der Waals surface area contributed by atoms with Crippen molar-refractivity contribution < 1.29 is 27.5 Å². The first kappa shape index (κ1) is 27.1. The molecule has 8 nitrogen and oxygen atoms in total. The Kier molecular flexibility index (Phi) is 7.99. The van der Waals surface area contributed by atoms with Crippen molar-refractivity contribution in [3.05, 3.63) is 106 Å². The summed E-state index contributed by atoms with van der Waals surface area (Å²) in [5, 5.41) is 10.5. The van der Waals surface area contributed by atoms with Crippen LogP contribution in [0.4, 0.5) is 0 Å². The number of benzene rings is 2. The zero-order valence-electron chi connectivity index (χ0n) is 21.8. The van der Waals surface area contributed by atoms with Crippen molar-refractivity contribution in [2.45, 2.75) is 45.7 Å². The van der Waals surface area contributed by atoms with Crippen LogP contribution in [0.25, 0.3) is 6.08 Å². The summed E-state index contributed by atoms with van der Waals surface area (Å²) >= 11 is 0. The molecule has 0 amide bonds. The van der Waals surface area contributed by atoms with Crippen molar-refractivity contribution in [2.24, 2.45) is 4.99 Å². The van der Waals surface area contributed by atoms with Crippen LogP contribution in [0.1, 0.15) is 42.1 Å². The fourth-order valence-corrected chi connectivity index (χ4v) is 5.38. The number of carbonyl (C=O) groups excluding carboxylic acids is 1. The molecule has 1 aromatic heterocycles. The maximum Gasteiger partial charge on any atom is 0.343 e. The number of esters is 1. The first-order valence-electron chi connectivity index (χ1n) is 12.2. The number of furan rings is 1. The monoisotopic (exact) mass is 534 g/mol. The molecular weight excluding hydrogens is 504 g/mol. The van der Waals surface area contributed by atoms with Gasteiger partial charge in [0.25, 0.3) is 0 Å². The highest BCUT2D eigenvalue weighted by molar-refractivity contribution is 7.89. The molecule has 1 aliphatic heterocycles. The van der Waals surface area contributed by atoms with Gasteiger partial charge in [-0.3, -0.25) is 0 Å². The van der Waals surface area contributed by atoms with Crippen LogP contribution >= 0.6 is 0 Å². The third-order valence-corrected chi connectivity index (χ3v) is 7.85. The summed E-state index contributed by atoms with van der Waals surface area (Å²) in [5.74, 6) is -0.177. The van der Waals surface area contributed by atoms with Gasteiger partial charge in [-0.15, -0.1) is 0 Å². The minimum Gasteiger partial charge on any atom is -0.505 e. The Hall–Kier alpha value is -3.95. The largest absolute Gasteiger partial charge is 0.505 e. The quantitative estimate of drug-likeness (QED) is 0.364. The minimum atomic E-state index is -3.84. The highest BCUT2D eigenvalue weighted by atomic mass is 32.2. The molecule has 0 radical (unpaired) electrons.